The van der Waals surface area contributed by atoms with Gasteiger partial charge in [0.15, 0.2) is 0 Å². The number of phenols is 1. The van der Waals surface area contributed by atoms with Crippen molar-refractivity contribution in [2.75, 3.05) is 32.4 Å². The summed E-state index contributed by atoms with van der Waals surface area (Å²) in [7, 11) is -3.28. The Morgan fingerprint density at radius 3 is 2.07 bits per heavy atom. The highest BCUT2D eigenvalue weighted by atomic mass is 32.2. The van der Waals surface area contributed by atoms with E-state index in [2.05, 4.69) is 20.8 Å². The third-order valence-corrected chi connectivity index (χ3v) is 6.53. The first-order valence-electron chi connectivity index (χ1n) is 9.75. The largest absolute Gasteiger partial charge is 0.507 e. The minimum atomic E-state index is -3.28. The molecule has 1 heterocycles. The normalized spacial score (nSPS) is 17.5. The first-order valence-corrected chi connectivity index (χ1v) is 11.6. The molecule has 2 rings (SSSR count). The SMILES string of the molecule is CC(C)(C)c1cc(C(=O)N2CCCN(S(C)(=O)=O)CC2)c(O)c(C(C)(C)C)c1. The molecule has 158 valence electrons. The summed E-state index contributed by atoms with van der Waals surface area (Å²) < 4.78 is 25.1. The lowest BCUT2D eigenvalue weighted by Gasteiger charge is -2.29. The van der Waals surface area contributed by atoms with Gasteiger partial charge in [0.1, 0.15) is 5.75 Å². The maximum atomic E-state index is 13.3. The van der Waals surface area contributed by atoms with Crippen LogP contribution in [0.2, 0.25) is 0 Å². The Morgan fingerprint density at radius 2 is 1.57 bits per heavy atom. The number of hydrogen-bond donors (Lipinski definition) is 1. The third-order valence-electron chi connectivity index (χ3n) is 5.23. The molecule has 6 nitrogen and oxygen atoms in total. The molecule has 0 aliphatic carbocycles. The Balaban J connectivity index is 2.44. The monoisotopic (exact) mass is 410 g/mol. The molecule has 0 bridgehead atoms. The van der Waals surface area contributed by atoms with Gasteiger partial charge < -0.3 is 10.0 Å². The zero-order valence-electron chi connectivity index (χ0n) is 18.2. The molecule has 0 atom stereocenters. The molecule has 1 fully saturated rings. The smallest absolute Gasteiger partial charge is 0.257 e. The van der Waals surface area contributed by atoms with Crippen LogP contribution < -0.4 is 0 Å². The van der Waals surface area contributed by atoms with E-state index >= 15 is 0 Å². The van der Waals surface area contributed by atoms with Crippen molar-refractivity contribution in [2.45, 2.75) is 58.8 Å². The van der Waals surface area contributed by atoms with Gasteiger partial charge in [0.25, 0.3) is 5.91 Å². The fraction of sp³-hybridized carbons (Fsp3) is 0.667. The predicted octanol–water partition coefficient (Wildman–Crippen LogP) is 3.09. The maximum absolute atomic E-state index is 13.3. The minimum Gasteiger partial charge on any atom is -0.507 e. The predicted molar refractivity (Wildman–Crippen MR) is 112 cm³/mol. The summed E-state index contributed by atoms with van der Waals surface area (Å²) in [6.45, 7) is 13.7. The van der Waals surface area contributed by atoms with Crippen LogP contribution in [0.25, 0.3) is 0 Å². The molecule has 0 aromatic heterocycles. The first kappa shape index (κ1) is 22.7. The number of nitrogens with zero attached hydrogens (tertiary/aromatic N) is 2. The Kier molecular flexibility index (Phi) is 6.22. The van der Waals surface area contributed by atoms with E-state index in [4.69, 9.17) is 0 Å². The van der Waals surface area contributed by atoms with Crippen molar-refractivity contribution in [1.29, 1.82) is 0 Å². The summed E-state index contributed by atoms with van der Waals surface area (Å²) in [5.74, 6) is -0.223. The average Bonchev–Trinajstić information content (AvgIpc) is 2.78. The van der Waals surface area contributed by atoms with Crippen LogP contribution in [-0.4, -0.2) is 61.1 Å². The zero-order chi connectivity index (χ0) is 21.5. The van der Waals surface area contributed by atoms with Crippen molar-refractivity contribution in [2.24, 2.45) is 0 Å². The highest BCUT2D eigenvalue weighted by Gasteiger charge is 2.30. The number of phenolic OH excluding ortho intramolecular Hbond substituents is 1. The first-order chi connectivity index (χ1) is 12.6. The van der Waals surface area contributed by atoms with E-state index in [-0.39, 0.29) is 29.0 Å². The maximum Gasteiger partial charge on any atom is 0.257 e. The summed E-state index contributed by atoms with van der Waals surface area (Å²) in [5.41, 5.74) is 1.55. The molecule has 0 spiro atoms. The van der Waals surface area contributed by atoms with E-state index < -0.39 is 10.0 Å². The van der Waals surface area contributed by atoms with Gasteiger partial charge in [0, 0.05) is 31.7 Å². The molecule has 1 saturated heterocycles. The summed E-state index contributed by atoms with van der Waals surface area (Å²) in [4.78, 5) is 14.9. The number of benzene rings is 1. The van der Waals surface area contributed by atoms with E-state index in [1.807, 2.05) is 26.8 Å². The van der Waals surface area contributed by atoms with Crippen LogP contribution in [0.5, 0.6) is 5.75 Å². The summed E-state index contributed by atoms with van der Waals surface area (Å²) in [6, 6.07) is 3.77. The van der Waals surface area contributed by atoms with Gasteiger partial charge in [0.05, 0.1) is 11.8 Å². The molecule has 28 heavy (non-hydrogen) atoms. The second-order valence-electron chi connectivity index (χ2n) is 9.73. The molecule has 0 unspecified atom stereocenters. The number of sulfonamides is 1. The second-order valence-corrected chi connectivity index (χ2v) is 11.7. The van der Waals surface area contributed by atoms with Crippen LogP contribution in [0, 0.1) is 0 Å². The summed E-state index contributed by atoms with van der Waals surface area (Å²) in [6.07, 6.45) is 1.77. The van der Waals surface area contributed by atoms with Crippen LogP contribution in [0.1, 0.15) is 69.4 Å². The molecule has 1 aliphatic heterocycles. The van der Waals surface area contributed by atoms with Gasteiger partial charge in [-0.3, -0.25) is 4.79 Å². The highest BCUT2D eigenvalue weighted by molar-refractivity contribution is 7.88. The number of amides is 1. The molecule has 0 radical (unpaired) electrons. The Morgan fingerprint density at radius 1 is 0.964 bits per heavy atom. The molecule has 1 aromatic rings. The van der Waals surface area contributed by atoms with E-state index in [9.17, 15) is 18.3 Å². The lowest BCUT2D eigenvalue weighted by molar-refractivity contribution is 0.0760. The number of carbonyl (C=O) groups excluding carboxylic acids is 1. The van der Waals surface area contributed by atoms with Crippen molar-refractivity contribution in [3.63, 3.8) is 0 Å². The second kappa shape index (κ2) is 7.67. The van der Waals surface area contributed by atoms with E-state index in [1.54, 1.807) is 11.0 Å². The Labute approximate surface area is 169 Å². The third kappa shape index (κ3) is 5.06. The van der Waals surface area contributed by atoms with Gasteiger partial charge in [0.2, 0.25) is 10.0 Å². The lowest BCUT2D eigenvalue weighted by atomic mass is 9.78. The van der Waals surface area contributed by atoms with Gasteiger partial charge in [-0.2, -0.15) is 0 Å². The number of rotatable bonds is 2. The number of hydrogen-bond acceptors (Lipinski definition) is 4. The fourth-order valence-electron chi connectivity index (χ4n) is 3.40. The van der Waals surface area contributed by atoms with Crippen molar-refractivity contribution in [1.82, 2.24) is 9.21 Å². The van der Waals surface area contributed by atoms with Gasteiger partial charge >= 0.3 is 0 Å². The number of aromatic hydroxyl groups is 1. The number of carbonyl (C=O) groups is 1. The van der Waals surface area contributed by atoms with Crippen molar-refractivity contribution in [3.8, 4) is 5.75 Å². The lowest BCUT2D eigenvalue weighted by Crippen LogP contribution is -2.37. The average molecular weight is 411 g/mol. The highest BCUT2D eigenvalue weighted by Crippen LogP contribution is 2.38. The van der Waals surface area contributed by atoms with E-state index in [0.717, 1.165) is 11.1 Å². The van der Waals surface area contributed by atoms with Crippen LogP contribution in [0.3, 0.4) is 0 Å². The topological polar surface area (TPSA) is 77.9 Å². The molecule has 1 aromatic carbocycles. The molecule has 1 amide bonds. The Bertz CT molecular complexity index is 848. The van der Waals surface area contributed by atoms with Gasteiger partial charge in [-0.15, -0.1) is 0 Å². The van der Waals surface area contributed by atoms with E-state index in [1.165, 1.54) is 10.6 Å². The summed E-state index contributed by atoms with van der Waals surface area (Å²) in [5, 5.41) is 10.9. The van der Waals surface area contributed by atoms with Gasteiger partial charge in [-0.05, 0) is 28.9 Å². The quantitative estimate of drug-likeness (QED) is 0.813. The van der Waals surface area contributed by atoms with Crippen LogP contribution in [-0.2, 0) is 20.9 Å². The molecule has 0 saturated carbocycles. The molecule has 1 N–H and O–H groups in total. The van der Waals surface area contributed by atoms with Gasteiger partial charge in [-0.25, -0.2) is 12.7 Å². The Hall–Kier alpha value is -1.60. The van der Waals surface area contributed by atoms with Crippen LogP contribution in [0.4, 0.5) is 0 Å². The van der Waals surface area contributed by atoms with Crippen LogP contribution in [0.15, 0.2) is 12.1 Å². The molecule has 7 heteroatoms. The van der Waals surface area contributed by atoms with Crippen molar-refractivity contribution < 1.29 is 18.3 Å². The summed E-state index contributed by atoms with van der Waals surface area (Å²) >= 11 is 0. The molecular formula is C21H34N2O4S. The zero-order valence-corrected chi connectivity index (χ0v) is 19.0. The fourth-order valence-corrected chi connectivity index (χ4v) is 4.28. The van der Waals surface area contributed by atoms with Gasteiger partial charge in [-0.1, -0.05) is 47.6 Å². The van der Waals surface area contributed by atoms with E-state index in [0.29, 0.717) is 31.6 Å². The van der Waals surface area contributed by atoms with Crippen molar-refractivity contribution in [3.05, 3.63) is 28.8 Å². The van der Waals surface area contributed by atoms with Crippen molar-refractivity contribution >= 4 is 15.9 Å². The molecule has 1 aliphatic rings. The minimum absolute atomic E-state index is 0.0229. The van der Waals surface area contributed by atoms with Crippen LogP contribution >= 0.6 is 0 Å². The standard InChI is InChI=1S/C21H34N2O4S/c1-20(2,3)15-13-16(18(24)17(14-15)21(4,5)6)19(25)22-9-8-10-23(12-11-22)28(7,26)27/h13-14,24H,8-12H2,1-7H3. The molecular weight excluding hydrogens is 376 g/mol.